The van der Waals surface area contributed by atoms with E-state index in [1.54, 1.807) is 5.57 Å². The van der Waals surface area contributed by atoms with Gasteiger partial charge in [-0.25, -0.2) is 9.97 Å². The molecule has 2 saturated carbocycles. The van der Waals surface area contributed by atoms with E-state index in [0.717, 1.165) is 22.4 Å². The molecular formula is C30H26N4. The van der Waals surface area contributed by atoms with Crippen LogP contribution in [-0.2, 0) is 0 Å². The molecule has 0 saturated heterocycles. The molecule has 9 rings (SSSR count). The molecule has 0 radical (unpaired) electrons. The number of allylic oxidation sites excluding steroid dienone is 2. The number of aromatic nitrogens is 4. The van der Waals surface area contributed by atoms with E-state index in [0.29, 0.717) is 23.7 Å². The first-order valence-electron chi connectivity index (χ1n) is 13.0. The van der Waals surface area contributed by atoms with Crippen molar-refractivity contribution in [2.24, 2.45) is 11.8 Å². The van der Waals surface area contributed by atoms with Crippen LogP contribution in [-0.4, -0.2) is 19.9 Å². The molecule has 4 aliphatic carbocycles. The summed E-state index contributed by atoms with van der Waals surface area (Å²) in [5.41, 5.74) is 15.4. The molecule has 4 atom stereocenters. The molecule has 2 aliphatic heterocycles. The minimum absolute atomic E-state index is 0.622. The van der Waals surface area contributed by atoms with Crippen LogP contribution in [0.3, 0.4) is 0 Å². The van der Waals surface area contributed by atoms with Gasteiger partial charge < -0.3 is 9.97 Å². The highest BCUT2D eigenvalue weighted by atomic mass is 14.8. The molecule has 8 bridgehead atoms. The summed E-state index contributed by atoms with van der Waals surface area (Å²) >= 11 is 0. The molecule has 2 fully saturated rings. The van der Waals surface area contributed by atoms with Crippen molar-refractivity contribution >= 4 is 45.4 Å². The quantitative estimate of drug-likeness (QED) is 0.303. The molecule has 5 heterocycles. The van der Waals surface area contributed by atoms with Gasteiger partial charge in [0.25, 0.3) is 0 Å². The Morgan fingerprint density at radius 1 is 0.647 bits per heavy atom. The molecular weight excluding hydrogens is 416 g/mol. The maximum atomic E-state index is 5.43. The number of aromatic amines is 2. The monoisotopic (exact) mass is 442 g/mol. The molecule has 166 valence electrons. The maximum absolute atomic E-state index is 5.43. The molecule has 0 amide bonds. The summed E-state index contributed by atoms with van der Waals surface area (Å²) in [6.45, 7) is 0. The first-order chi connectivity index (χ1) is 16.8. The van der Waals surface area contributed by atoms with Gasteiger partial charge in [-0.3, -0.25) is 0 Å². The average molecular weight is 443 g/mol. The molecule has 0 aromatic carbocycles. The lowest BCUT2D eigenvalue weighted by Crippen LogP contribution is -2.22. The third-order valence-electron chi connectivity index (χ3n) is 9.30. The van der Waals surface area contributed by atoms with E-state index in [-0.39, 0.29) is 0 Å². The molecule has 4 heteroatoms. The van der Waals surface area contributed by atoms with Crippen LogP contribution >= 0.6 is 0 Å². The molecule has 34 heavy (non-hydrogen) atoms. The minimum Gasteiger partial charge on any atom is -0.355 e. The molecule has 2 N–H and O–H groups in total. The third kappa shape index (κ3) is 2.24. The molecule has 0 spiro atoms. The summed E-state index contributed by atoms with van der Waals surface area (Å²) in [5, 5.41) is 0. The zero-order valence-electron chi connectivity index (χ0n) is 19.1. The minimum atomic E-state index is 0.622. The Balaban J connectivity index is 1.43. The van der Waals surface area contributed by atoms with Gasteiger partial charge in [0, 0.05) is 27.6 Å². The summed E-state index contributed by atoms with van der Waals surface area (Å²) in [6.07, 6.45) is 12.2. The lowest BCUT2D eigenvalue weighted by molar-refractivity contribution is 0.548. The number of hydrogen-bond donors (Lipinski definition) is 2. The van der Waals surface area contributed by atoms with Crippen LogP contribution in [0, 0.1) is 11.8 Å². The number of rotatable bonds is 0. The molecule has 4 nitrogen and oxygen atoms in total. The summed E-state index contributed by atoms with van der Waals surface area (Å²) in [7, 11) is 0. The number of nitrogens with zero attached hydrogens (tertiary/aromatic N) is 2. The van der Waals surface area contributed by atoms with Gasteiger partial charge in [0.15, 0.2) is 0 Å². The predicted molar refractivity (Wildman–Crippen MR) is 137 cm³/mol. The van der Waals surface area contributed by atoms with E-state index in [9.17, 15) is 0 Å². The topological polar surface area (TPSA) is 57.4 Å². The number of H-pyrrole nitrogens is 2. The Bertz CT molecular complexity index is 1650. The Hall–Kier alpha value is -3.40. The summed E-state index contributed by atoms with van der Waals surface area (Å²) < 4.78 is 0. The van der Waals surface area contributed by atoms with Gasteiger partial charge in [-0.15, -0.1) is 0 Å². The fourth-order valence-electron chi connectivity index (χ4n) is 8.00. The molecule has 4 unspecified atom stereocenters. The highest BCUT2D eigenvalue weighted by Crippen LogP contribution is 2.64. The number of nitrogens with one attached hydrogen (secondary N) is 2. The van der Waals surface area contributed by atoms with Gasteiger partial charge in [0.1, 0.15) is 0 Å². The predicted octanol–water partition coefficient (Wildman–Crippen LogP) is 7.19. The van der Waals surface area contributed by atoms with Crippen molar-refractivity contribution in [1.82, 2.24) is 19.9 Å². The van der Waals surface area contributed by atoms with Crippen molar-refractivity contribution < 1.29 is 0 Å². The second kappa shape index (κ2) is 6.18. The zero-order valence-corrected chi connectivity index (χ0v) is 19.1. The van der Waals surface area contributed by atoms with Crippen molar-refractivity contribution in [3.05, 3.63) is 70.3 Å². The standard InChI is InChI=1S/C30H26N4/c1-3-20-21(4-1)28-29-24(20)13-19(33-29)12-17-8-7-15(31-17)11-16-9-10-18(32-16)14-25-26-22-5-2-6-23(22)27(26)30(28)34-25/h7-14,20-23,31,33H,1-6H2. The largest absolute Gasteiger partial charge is 0.355 e. The van der Waals surface area contributed by atoms with Gasteiger partial charge in [0.2, 0.25) is 0 Å². The fourth-order valence-corrected chi connectivity index (χ4v) is 8.00. The van der Waals surface area contributed by atoms with E-state index in [1.165, 1.54) is 77.6 Å². The summed E-state index contributed by atoms with van der Waals surface area (Å²) in [6, 6.07) is 13.3. The van der Waals surface area contributed by atoms with E-state index in [4.69, 9.17) is 9.97 Å². The van der Waals surface area contributed by atoms with E-state index in [1.807, 2.05) is 0 Å². The fraction of sp³-hybridized carbons (Fsp3) is 0.333. The molecule has 6 aliphatic rings. The van der Waals surface area contributed by atoms with E-state index >= 15 is 0 Å². The Morgan fingerprint density at radius 2 is 1.38 bits per heavy atom. The Labute approximate surface area is 197 Å². The van der Waals surface area contributed by atoms with Crippen molar-refractivity contribution in [3.8, 4) is 0 Å². The number of fused-ring (bicyclic) bond motifs is 16. The van der Waals surface area contributed by atoms with Gasteiger partial charge in [-0.2, -0.15) is 0 Å². The second-order valence-corrected chi connectivity index (χ2v) is 11.0. The van der Waals surface area contributed by atoms with Crippen LogP contribution in [0.5, 0.6) is 0 Å². The molecule has 3 aromatic heterocycles. The van der Waals surface area contributed by atoms with Gasteiger partial charge in [-0.1, -0.05) is 12.8 Å². The van der Waals surface area contributed by atoms with E-state index in [2.05, 4.69) is 58.5 Å². The SMILES string of the molecule is C1=Cc2cc3ccc(cc4cc5c([nH]4)c(c4nc(cc1n2)C1=C4C2CCCC12)C1CCCC51)[nH]3. The van der Waals surface area contributed by atoms with Gasteiger partial charge in [-0.05, 0) is 115 Å². The lowest BCUT2D eigenvalue weighted by atomic mass is 9.68. The lowest BCUT2D eigenvalue weighted by Gasteiger charge is -2.34. The normalized spacial score (nSPS) is 27.6. The average Bonchev–Trinajstić information content (AvgIpc) is 3.60. The van der Waals surface area contributed by atoms with Crippen molar-refractivity contribution in [1.29, 1.82) is 0 Å². The first kappa shape index (κ1) is 18.0. The first-order valence-corrected chi connectivity index (χ1v) is 13.0. The smallest absolute Gasteiger partial charge is 0.0731 e. The molecule has 3 aromatic rings. The van der Waals surface area contributed by atoms with Crippen molar-refractivity contribution in [2.75, 3.05) is 0 Å². The highest BCUT2D eigenvalue weighted by molar-refractivity contribution is 6.03. The number of hydrogen-bond acceptors (Lipinski definition) is 2. The van der Waals surface area contributed by atoms with Crippen LogP contribution in [0.2, 0.25) is 0 Å². The summed E-state index contributed by atoms with van der Waals surface area (Å²) in [4.78, 5) is 17.7. The van der Waals surface area contributed by atoms with Crippen molar-refractivity contribution in [3.63, 3.8) is 0 Å². The maximum Gasteiger partial charge on any atom is 0.0731 e. The van der Waals surface area contributed by atoms with Crippen LogP contribution in [0.1, 0.15) is 84.3 Å². The van der Waals surface area contributed by atoms with Crippen LogP contribution < -0.4 is 0 Å². The third-order valence-corrected chi connectivity index (χ3v) is 9.30. The van der Waals surface area contributed by atoms with Crippen molar-refractivity contribution in [2.45, 2.75) is 50.4 Å². The van der Waals surface area contributed by atoms with Gasteiger partial charge in [0.05, 0.1) is 22.8 Å². The van der Waals surface area contributed by atoms with Crippen LogP contribution in [0.15, 0.2) is 36.4 Å². The summed E-state index contributed by atoms with van der Waals surface area (Å²) in [5.74, 6) is 2.69. The van der Waals surface area contributed by atoms with Crippen LogP contribution in [0.25, 0.3) is 45.4 Å². The Kier molecular flexibility index (Phi) is 3.27. The van der Waals surface area contributed by atoms with Gasteiger partial charge >= 0.3 is 0 Å². The second-order valence-electron chi connectivity index (χ2n) is 11.0. The highest BCUT2D eigenvalue weighted by Gasteiger charge is 2.50. The van der Waals surface area contributed by atoms with E-state index < -0.39 is 0 Å². The van der Waals surface area contributed by atoms with Crippen LogP contribution in [0.4, 0.5) is 0 Å². The Morgan fingerprint density at radius 3 is 2.26 bits per heavy atom. The zero-order chi connectivity index (χ0) is 22.0.